The van der Waals surface area contributed by atoms with Crippen molar-refractivity contribution in [3.63, 3.8) is 0 Å². The highest BCUT2D eigenvalue weighted by Crippen LogP contribution is 2.13. The fraction of sp³-hybridized carbons (Fsp3) is 0.364. The van der Waals surface area contributed by atoms with Crippen LogP contribution in [0.5, 0.6) is 5.75 Å². The Kier molecular flexibility index (Phi) is 6.66. The standard InChI is InChI=1S/C22H27N3O3/c1-24-10-12-25(13-11-24)22(27)19-8-6-17(7-9-19)16-23-21(26)15-18-4-3-5-20(14-18)28-2/h3-9,14H,10-13,15-16H2,1-2H3,(H,23,26). The topological polar surface area (TPSA) is 61.9 Å². The first-order chi connectivity index (χ1) is 13.5. The summed E-state index contributed by atoms with van der Waals surface area (Å²) in [5.41, 5.74) is 2.56. The van der Waals surface area contributed by atoms with E-state index in [2.05, 4.69) is 17.3 Å². The van der Waals surface area contributed by atoms with E-state index >= 15 is 0 Å². The molecule has 0 unspecified atom stereocenters. The van der Waals surface area contributed by atoms with Crippen LogP contribution in [0.25, 0.3) is 0 Å². The van der Waals surface area contributed by atoms with E-state index in [0.29, 0.717) is 18.5 Å². The molecule has 0 radical (unpaired) electrons. The van der Waals surface area contributed by atoms with Crippen molar-refractivity contribution in [3.8, 4) is 5.75 Å². The van der Waals surface area contributed by atoms with Crippen LogP contribution in [0.15, 0.2) is 48.5 Å². The first-order valence-electron chi connectivity index (χ1n) is 9.51. The van der Waals surface area contributed by atoms with E-state index in [0.717, 1.165) is 43.1 Å². The summed E-state index contributed by atoms with van der Waals surface area (Å²) in [6.45, 7) is 3.77. The van der Waals surface area contributed by atoms with Crippen molar-refractivity contribution in [1.29, 1.82) is 0 Å². The van der Waals surface area contributed by atoms with E-state index in [1.54, 1.807) is 7.11 Å². The number of piperazine rings is 1. The molecule has 2 aromatic rings. The maximum absolute atomic E-state index is 12.6. The molecule has 1 aliphatic heterocycles. The summed E-state index contributed by atoms with van der Waals surface area (Å²) < 4.78 is 5.18. The van der Waals surface area contributed by atoms with Crippen LogP contribution >= 0.6 is 0 Å². The zero-order valence-electron chi connectivity index (χ0n) is 16.5. The lowest BCUT2D eigenvalue weighted by Gasteiger charge is -2.32. The van der Waals surface area contributed by atoms with Crippen molar-refractivity contribution in [3.05, 3.63) is 65.2 Å². The number of nitrogens with one attached hydrogen (secondary N) is 1. The van der Waals surface area contributed by atoms with Crippen LogP contribution in [0.2, 0.25) is 0 Å². The average Bonchev–Trinajstić information content (AvgIpc) is 2.73. The third-order valence-electron chi connectivity index (χ3n) is 4.98. The number of nitrogens with zero attached hydrogens (tertiary/aromatic N) is 2. The van der Waals surface area contributed by atoms with Gasteiger partial charge in [-0.05, 0) is 42.4 Å². The zero-order chi connectivity index (χ0) is 19.9. The van der Waals surface area contributed by atoms with Gasteiger partial charge in [-0.3, -0.25) is 9.59 Å². The number of methoxy groups -OCH3 is 1. The molecular formula is C22H27N3O3. The van der Waals surface area contributed by atoms with Gasteiger partial charge in [0.2, 0.25) is 5.91 Å². The van der Waals surface area contributed by atoms with Crippen LogP contribution in [0.1, 0.15) is 21.5 Å². The molecule has 28 heavy (non-hydrogen) atoms. The summed E-state index contributed by atoms with van der Waals surface area (Å²) in [6.07, 6.45) is 0.303. The second-order valence-electron chi connectivity index (χ2n) is 7.10. The first kappa shape index (κ1) is 19.9. The van der Waals surface area contributed by atoms with Gasteiger partial charge in [0.25, 0.3) is 5.91 Å². The summed E-state index contributed by atoms with van der Waals surface area (Å²) in [6, 6.07) is 15.0. The number of likely N-dealkylation sites (N-methyl/N-ethyl adjacent to an activating group) is 1. The van der Waals surface area contributed by atoms with Gasteiger partial charge in [0.05, 0.1) is 13.5 Å². The fourth-order valence-electron chi connectivity index (χ4n) is 3.19. The van der Waals surface area contributed by atoms with E-state index in [-0.39, 0.29) is 11.8 Å². The normalized spacial score (nSPS) is 14.6. The highest BCUT2D eigenvalue weighted by atomic mass is 16.5. The van der Waals surface area contributed by atoms with Crippen LogP contribution in [-0.4, -0.2) is 62.0 Å². The molecule has 0 aromatic heterocycles. The summed E-state index contributed by atoms with van der Waals surface area (Å²) in [5, 5.41) is 2.92. The molecule has 1 saturated heterocycles. The third kappa shape index (κ3) is 5.33. The van der Waals surface area contributed by atoms with Crippen molar-refractivity contribution in [2.75, 3.05) is 40.3 Å². The van der Waals surface area contributed by atoms with E-state index in [1.165, 1.54) is 0 Å². The van der Waals surface area contributed by atoms with Gasteiger partial charge in [-0.1, -0.05) is 24.3 Å². The number of rotatable bonds is 6. The Morgan fingerprint density at radius 3 is 2.39 bits per heavy atom. The molecule has 0 spiro atoms. The van der Waals surface area contributed by atoms with Crippen LogP contribution in [0.3, 0.4) is 0 Å². The van der Waals surface area contributed by atoms with Crippen molar-refractivity contribution >= 4 is 11.8 Å². The number of ether oxygens (including phenoxy) is 1. The minimum absolute atomic E-state index is 0.0501. The zero-order valence-corrected chi connectivity index (χ0v) is 16.5. The summed E-state index contributed by atoms with van der Waals surface area (Å²) >= 11 is 0. The Balaban J connectivity index is 1.50. The molecule has 6 nitrogen and oxygen atoms in total. The Hall–Kier alpha value is -2.86. The van der Waals surface area contributed by atoms with E-state index in [1.807, 2.05) is 53.4 Å². The molecule has 3 rings (SSSR count). The third-order valence-corrected chi connectivity index (χ3v) is 4.98. The van der Waals surface area contributed by atoms with Crippen molar-refractivity contribution in [2.24, 2.45) is 0 Å². The van der Waals surface area contributed by atoms with Gasteiger partial charge in [-0.15, -0.1) is 0 Å². The molecule has 1 heterocycles. The van der Waals surface area contributed by atoms with Gasteiger partial charge >= 0.3 is 0 Å². The molecule has 1 aliphatic rings. The Bertz CT molecular complexity index is 812. The van der Waals surface area contributed by atoms with Gasteiger partial charge < -0.3 is 19.9 Å². The number of benzene rings is 2. The number of hydrogen-bond acceptors (Lipinski definition) is 4. The smallest absolute Gasteiger partial charge is 0.253 e. The minimum Gasteiger partial charge on any atom is -0.497 e. The number of carbonyl (C=O) groups is 2. The van der Waals surface area contributed by atoms with Crippen molar-refractivity contribution < 1.29 is 14.3 Å². The van der Waals surface area contributed by atoms with Gasteiger partial charge in [0.1, 0.15) is 5.75 Å². The maximum atomic E-state index is 12.6. The highest BCUT2D eigenvalue weighted by molar-refractivity contribution is 5.94. The minimum atomic E-state index is -0.0501. The first-order valence-corrected chi connectivity index (χ1v) is 9.51. The molecule has 148 valence electrons. The summed E-state index contributed by atoms with van der Waals surface area (Å²) in [7, 11) is 3.68. The predicted molar refractivity (Wildman–Crippen MR) is 108 cm³/mol. The SMILES string of the molecule is COc1cccc(CC(=O)NCc2ccc(C(=O)N3CCN(C)CC3)cc2)c1. The lowest BCUT2D eigenvalue weighted by atomic mass is 10.1. The molecule has 0 bridgehead atoms. The Morgan fingerprint density at radius 2 is 1.71 bits per heavy atom. The van der Waals surface area contributed by atoms with Gasteiger partial charge in [-0.2, -0.15) is 0 Å². The largest absolute Gasteiger partial charge is 0.497 e. The van der Waals surface area contributed by atoms with Crippen molar-refractivity contribution in [2.45, 2.75) is 13.0 Å². The van der Waals surface area contributed by atoms with E-state index in [4.69, 9.17) is 4.74 Å². The second kappa shape index (κ2) is 9.37. The van der Waals surface area contributed by atoms with Crippen molar-refractivity contribution in [1.82, 2.24) is 15.1 Å². The molecule has 0 atom stereocenters. The lowest BCUT2D eigenvalue weighted by Crippen LogP contribution is -2.47. The van der Waals surface area contributed by atoms with Gasteiger partial charge in [0, 0.05) is 38.3 Å². The number of carbonyl (C=O) groups excluding carboxylic acids is 2. The monoisotopic (exact) mass is 381 g/mol. The Labute approximate surface area is 166 Å². The number of hydrogen-bond donors (Lipinski definition) is 1. The molecule has 2 amide bonds. The van der Waals surface area contributed by atoms with Crippen LogP contribution < -0.4 is 10.1 Å². The van der Waals surface area contributed by atoms with Gasteiger partial charge in [0.15, 0.2) is 0 Å². The molecule has 0 aliphatic carbocycles. The lowest BCUT2D eigenvalue weighted by molar-refractivity contribution is -0.120. The Morgan fingerprint density at radius 1 is 1.00 bits per heavy atom. The van der Waals surface area contributed by atoms with Crippen LogP contribution in [0.4, 0.5) is 0 Å². The second-order valence-corrected chi connectivity index (χ2v) is 7.10. The molecule has 6 heteroatoms. The molecule has 1 fully saturated rings. The fourth-order valence-corrected chi connectivity index (χ4v) is 3.19. The van der Waals surface area contributed by atoms with Crippen LogP contribution in [0, 0.1) is 0 Å². The molecule has 2 aromatic carbocycles. The number of amides is 2. The molecule has 1 N–H and O–H groups in total. The molecule has 0 saturated carbocycles. The van der Waals surface area contributed by atoms with E-state index < -0.39 is 0 Å². The predicted octanol–water partition coefficient (Wildman–Crippen LogP) is 1.94. The highest BCUT2D eigenvalue weighted by Gasteiger charge is 2.20. The molecular weight excluding hydrogens is 354 g/mol. The summed E-state index contributed by atoms with van der Waals surface area (Å²) in [4.78, 5) is 28.9. The van der Waals surface area contributed by atoms with E-state index in [9.17, 15) is 9.59 Å². The maximum Gasteiger partial charge on any atom is 0.253 e. The van der Waals surface area contributed by atoms with Gasteiger partial charge in [-0.25, -0.2) is 0 Å². The quantitative estimate of drug-likeness (QED) is 0.831. The van der Waals surface area contributed by atoms with Crippen LogP contribution in [-0.2, 0) is 17.8 Å². The average molecular weight is 381 g/mol. The summed E-state index contributed by atoms with van der Waals surface area (Å²) in [5.74, 6) is 0.762.